The lowest BCUT2D eigenvalue weighted by Crippen LogP contribution is -2.20. The highest BCUT2D eigenvalue weighted by atomic mass is 19.4. The lowest BCUT2D eigenvalue weighted by molar-refractivity contribution is -0.162. The lowest BCUT2D eigenvalue weighted by Gasteiger charge is -2.14. The minimum absolute atomic E-state index is 0.178. The summed E-state index contributed by atoms with van der Waals surface area (Å²) in [6, 6.07) is 0. The Morgan fingerprint density at radius 3 is 2.36 bits per heavy atom. The number of rotatable bonds is 0. The quantitative estimate of drug-likeness (QED) is 0.548. The normalized spacial score (nSPS) is 21.9. The summed E-state index contributed by atoms with van der Waals surface area (Å²) >= 11 is 0. The van der Waals surface area contributed by atoms with Crippen molar-refractivity contribution < 1.29 is 13.2 Å². The first kappa shape index (κ1) is 13.3. The molecule has 0 saturated heterocycles. The predicted octanol–water partition coefficient (Wildman–Crippen LogP) is 4.49. The Bertz CT molecular complexity index is 211. The van der Waals surface area contributed by atoms with E-state index in [2.05, 4.69) is 0 Å². The number of hydrogen-bond donors (Lipinski definition) is 0. The highest BCUT2D eigenvalue weighted by molar-refractivity contribution is 5.19. The van der Waals surface area contributed by atoms with E-state index in [-0.39, 0.29) is 6.42 Å². The van der Waals surface area contributed by atoms with Gasteiger partial charge in [-0.1, -0.05) is 37.6 Å². The molecule has 3 heteroatoms. The zero-order valence-corrected chi connectivity index (χ0v) is 8.86. The topological polar surface area (TPSA) is 0 Å². The molecule has 1 aliphatic rings. The van der Waals surface area contributed by atoms with Crippen LogP contribution in [-0.2, 0) is 0 Å². The average Bonchev–Trinajstić information content (AvgIpc) is 2.32. The van der Waals surface area contributed by atoms with Crippen molar-refractivity contribution in [2.24, 2.45) is 5.92 Å². The molecule has 0 aromatic rings. The van der Waals surface area contributed by atoms with Crippen LogP contribution in [0.15, 0.2) is 23.8 Å². The van der Waals surface area contributed by atoms with Gasteiger partial charge in [-0.15, -0.1) is 0 Å². The zero-order valence-electron chi connectivity index (χ0n) is 8.86. The summed E-state index contributed by atoms with van der Waals surface area (Å²) in [5, 5.41) is 0. The smallest absolute Gasteiger partial charge is 0.170 e. The van der Waals surface area contributed by atoms with Gasteiger partial charge < -0.3 is 0 Å². The molecule has 0 N–H and O–H groups in total. The Morgan fingerprint density at radius 2 is 1.86 bits per heavy atom. The van der Waals surface area contributed by atoms with Gasteiger partial charge in [0.05, 0.1) is 5.92 Å². The molecule has 0 aromatic carbocycles. The van der Waals surface area contributed by atoms with Crippen LogP contribution in [0.1, 0.15) is 33.6 Å². The maximum atomic E-state index is 12.2. The molecule has 0 bridgehead atoms. The van der Waals surface area contributed by atoms with E-state index in [9.17, 15) is 13.2 Å². The summed E-state index contributed by atoms with van der Waals surface area (Å²) in [5.41, 5.74) is 0.918. The summed E-state index contributed by atoms with van der Waals surface area (Å²) in [5.74, 6) is -1.26. The number of alkyl halides is 3. The largest absolute Gasteiger partial charge is 0.395 e. The van der Waals surface area contributed by atoms with Crippen molar-refractivity contribution in [3.8, 4) is 0 Å². The predicted molar refractivity (Wildman–Crippen MR) is 53.0 cm³/mol. The molecule has 0 saturated carbocycles. The third-order valence-corrected chi connectivity index (χ3v) is 1.96. The molecular weight excluding hydrogens is 189 g/mol. The van der Waals surface area contributed by atoms with Crippen LogP contribution in [0.2, 0.25) is 0 Å². The Hall–Kier alpha value is -0.730. The van der Waals surface area contributed by atoms with E-state index in [1.807, 2.05) is 26.8 Å². The van der Waals surface area contributed by atoms with Gasteiger partial charge >= 0.3 is 6.18 Å². The molecule has 1 aliphatic carbocycles. The molecule has 1 rings (SSSR count). The number of halogens is 3. The molecule has 1 atom stereocenters. The Morgan fingerprint density at radius 1 is 1.29 bits per heavy atom. The fourth-order valence-electron chi connectivity index (χ4n) is 1.20. The van der Waals surface area contributed by atoms with Crippen LogP contribution in [0.25, 0.3) is 0 Å². The summed E-state index contributed by atoms with van der Waals surface area (Å²) in [6.07, 6.45) is 1.25. The maximum absolute atomic E-state index is 12.2. The van der Waals surface area contributed by atoms with Crippen molar-refractivity contribution in [2.75, 3.05) is 0 Å². The van der Waals surface area contributed by atoms with Crippen molar-refractivity contribution in [2.45, 2.75) is 39.8 Å². The van der Waals surface area contributed by atoms with Gasteiger partial charge in [0.2, 0.25) is 0 Å². The summed E-state index contributed by atoms with van der Waals surface area (Å²) in [7, 11) is 0. The zero-order chi connectivity index (χ0) is 11.2. The third-order valence-electron chi connectivity index (χ3n) is 1.96. The molecule has 1 unspecified atom stereocenters. The van der Waals surface area contributed by atoms with Crippen LogP contribution in [0, 0.1) is 5.92 Å². The fraction of sp³-hybridized carbons (Fsp3) is 0.636. The van der Waals surface area contributed by atoms with Crippen molar-refractivity contribution in [3.05, 3.63) is 23.8 Å². The second-order valence-electron chi connectivity index (χ2n) is 3.03. The SMILES string of the molecule is CC.CC1=CCCC(C(F)(F)F)C=C1. The summed E-state index contributed by atoms with van der Waals surface area (Å²) in [4.78, 5) is 0. The van der Waals surface area contributed by atoms with Gasteiger partial charge in [0.25, 0.3) is 0 Å². The number of allylic oxidation sites excluding steroid dienone is 4. The molecule has 0 spiro atoms. The van der Waals surface area contributed by atoms with Crippen LogP contribution in [0.3, 0.4) is 0 Å². The monoisotopic (exact) mass is 206 g/mol. The van der Waals surface area contributed by atoms with E-state index in [0.29, 0.717) is 6.42 Å². The van der Waals surface area contributed by atoms with Crippen molar-refractivity contribution in [3.63, 3.8) is 0 Å². The Labute approximate surface area is 83.5 Å². The van der Waals surface area contributed by atoms with Gasteiger partial charge in [0.1, 0.15) is 0 Å². The van der Waals surface area contributed by atoms with E-state index in [1.54, 1.807) is 6.08 Å². The van der Waals surface area contributed by atoms with Crippen LogP contribution in [0.4, 0.5) is 13.2 Å². The molecular formula is C11H17F3. The molecule has 0 fully saturated rings. The van der Waals surface area contributed by atoms with E-state index < -0.39 is 12.1 Å². The first-order valence-electron chi connectivity index (χ1n) is 4.92. The van der Waals surface area contributed by atoms with E-state index >= 15 is 0 Å². The van der Waals surface area contributed by atoms with Gasteiger partial charge in [0.15, 0.2) is 0 Å². The molecule has 0 aromatic heterocycles. The van der Waals surface area contributed by atoms with E-state index in [4.69, 9.17) is 0 Å². The van der Waals surface area contributed by atoms with Gasteiger partial charge in [-0.05, 0) is 19.8 Å². The minimum Gasteiger partial charge on any atom is -0.170 e. The van der Waals surface area contributed by atoms with Crippen molar-refractivity contribution >= 4 is 0 Å². The van der Waals surface area contributed by atoms with E-state index in [1.165, 1.54) is 6.08 Å². The van der Waals surface area contributed by atoms with Crippen molar-refractivity contribution in [1.82, 2.24) is 0 Å². The standard InChI is InChI=1S/C9H11F3.C2H6/c1-7-3-2-4-8(6-5-7)9(10,11)12;1-2/h3,5-6,8H,2,4H2,1H3;1-2H3. The molecule has 0 radical (unpaired) electrons. The van der Waals surface area contributed by atoms with Crippen LogP contribution < -0.4 is 0 Å². The lowest BCUT2D eigenvalue weighted by atomic mass is 10.0. The van der Waals surface area contributed by atoms with Gasteiger partial charge in [0, 0.05) is 0 Å². The molecule has 82 valence electrons. The highest BCUT2D eigenvalue weighted by Gasteiger charge is 2.37. The van der Waals surface area contributed by atoms with Gasteiger partial charge in [-0.2, -0.15) is 13.2 Å². The van der Waals surface area contributed by atoms with Gasteiger partial charge in [-0.3, -0.25) is 0 Å². The summed E-state index contributed by atoms with van der Waals surface area (Å²) in [6.45, 7) is 5.81. The fourth-order valence-corrected chi connectivity index (χ4v) is 1.20. The van der Waals surface area contributed by atoms with Crippen molar-refractivity contribution in [1.29, 1.82) is 0 Å². The molecule has 0 heterocycles. The Balaban J connectivity index is 0.000000791. The maximum Gasteiger partial charge on any atom is 0.395 e. The molecule has 14 heavy (non-hydrogen) atoms. The minimum atomic E-state index is -4.07. The molecule has 0 amide bonds. The van der Waals surface area contributed by atoms with Gasteiger partial charge in [-0.25, -0.2) is 0 Å². The highest BCUT2D eigenvalue weighted by Crippen LogP contribution is 2.32. The summed E-state index contributed by atoms with van der Waals surface area (Å²) < 4.78 is 36.5. The van der Waals surface area contributed by atoms with E-state index in [0.717, 1.165) is 5.57 Å². The second kappa shape index (κ2) is 5.89. The second-order valence-corrected chi connectivity index (χ2v) is 3.03. The van der Waals surface area contributed by atoms with Crippen LogP contribution in [0.5, 0.6) is 0 Å². The Kier molecular flexibility index (Phi) is 5.58. The molecule has 0 aliphatic heterocycles. The van der Waals surface area contributed by atoms with Crippen LogP contribution >= 0.6 is 0 Å². The van der Waals surface area contributed by atoms with Crippen LogP contribution in [-0.4, -0.2) is 6.18 Å². The third kappa shape index (κ3) is 4.49. The first-order chi connectivity index (χ1) is 6.50. The average molecular weight is 206 g/mol. The molecule has 0 nitrogen and oxygen atoms in total. The number of hydrogen-bond acceptors (Lipinski definition) is 0. The first-order valence-corrected chi connectivity index (χ1v) is 4.92.